The first kappa shape index (κ1) is 13.9. The number of anilines is 1. The zero-order valence-corrected chi connectivity index (χ0v) is 11.6. The quantitative estimate of drug-likeness (QED) is 0.782. The second-order valence-corrected chi connectivity index (χ2v) is 5.75. The van der Waals surface area contributed by atoms with E-state index in [0.29, 0.717) is 15.1 Å². The van der Waals surface area contributed by atoms with Crippen LogP contribution in [-0.2, 0) is 6.18 Å². The highest BCUT2D eigenvalue weighted by molar-refractivity contribution is 7.22. The lowest BCUT2D eigenvalue weighted by atomic mass is 10.3. The van der Waals surface area contributed by atoms with Crippen molar-refractivity contribution in [2.24, 2.45) is 0 Å². The van der Waals surface area contributed by atoms with Gasteiger partial charge in [-0.3, -0.25) is 10.1 Å². The molecule has 0 aliphatic heterocycles. The van der Waals surface area contributed by atoms with Crippen molar-refractivity contribution in [1.82, 2.24) is 14.3 Å². The molecule has 1 N–H and O–H groups in total. The standard InChI is InChI=1S/C11H5F3N4OS2/c12-11(13,14)8-3-7-5(4-15-8)17-10(20-7)18-9(19)6-1-2-16-21-6/h1-4H,(H,17,18,19). The molecule has 3 aromatic heterocycles. The molecule has 0 atom stereocenters. The Morgan fingerprint density at radius 3 is 2.81 bits per heavy atom. The zero-order chi connectivity index (χ0) is 15.0. The normalized spacial score (nSPS) is 11.8. The molecule has 0 fully saturated rings. The molecule has 0 aromatic carbocycles. The molecule has 21 heavy (non-hydrogen) atoms. The molecule has 1 amide bonds. The van der Waals surface area contributed by atoms with Crippen molar-refractivity contribution in [2.75, 3.05) is 5.32 Å². The fourth-order valence-corrected chi connectivity index (χ4v) is 2.89. The van der Waals surface area contributed by atoms with Gasteiger partial charge in [-0.2, -0.15) is 13.2 Å². The number of fused-ring (bicyclic) bond motifs is 1. The lowest BCUT2D eigenvalue weighted by Gasteiger charge is -2.03. The summed E-state index contributed by atoms with van der Waals surface area (Å²) in [6.45, 7) is 0. The van der Waals surface area contributed by atoms with Gasteiger partial charge in [0.1, 0.15) is 16.1 Å². The highest BCUT2D eigenvalue weighted by Gasteiger charge is 2.32. The van der Waals surface area contributed by atoms with Crippen molar-refractivity contribution >= 4 is 44.1 Å². The van der Waals surface area contributed by atoms with Crippen LogP contribution in [-0.4, -0.2) is 20.2 Å². The van der Waals surface area contributed by atoms with Gasteiger partial charge in [0.2, 0.25) is 0 Å². The second-order valence-electron chi connectivity index (χ2n) is 3.88. The molecule has 0 saturated carbocycles. The minimum Gasteiger partial charge on any atom is -0.297 e. The Labute approximate surface area is 123 Å². The van der Waals surface area contributed by atoms with Gasteiger partial charge in [-0.05, 0) is 23.7 Å². The summed E-state index contributed by atoms with van der Waals surface area (Å²) in [6, 6.07) is 2.45. The van der Waals surface area contributed by atoms with E-state index in [-0.39, 0.29) is 5.13 Å². The number of hydrogen-bond donors (Lipinski definition) is 1. The van der Waals surface area contributed by atoms with E-state index in [9.17, 15) is 18.0 Å². The van der Waals surface area contributed by atoms with Crippen molar-refractivity contribution in [3.05, 3.63) is 35.1 Å². The maximum absolute atomic E-state index is 12.6. The Morgan fingerprint density at radius 2 is 2.14 bits per heavy atom. The van der Waals surface area contributed by atoms with Crippen molar-refractivity contribution in [3.8, 4) is 0 Å². The fraction of sp³-hybridized carbons (Fsp3) is 0.0909. The van der Waals surface area contributed by atoms with Gasteiger partial charge in [-0.1, -0.05) is 11.3 Å². The summed E-state index contributed by atoms with van der Waals surface area (Å²) in [5.41, 5.74) is -0.688. The van der Waals surface area contributed by atoms with E-state index in [1.54, 1.807) is 0 Å². The van der Waals surface area contributed by atoms with Gasteiger partial charge in [-0.15, -0.1) is 0 Å². The molecule has 0 spiro atoms. The maximum atomic E-state index is 12.6. The van der Waals surface area contributed by atoms with E-state index in [4.69, 9.17) is 0 Å². The number of carbonyl (C=O) groups excluding carboxylic acids is 1. The highest BCUT2D eigenvalue weighted by atomic mass is 32.1. The highest BCUT2D eigenvalue weighted by Crippen LogP contribution is 2.32. The Hall–Kier alpha value is -2.07. The molecule has 3 rings (SSSR count). The number of nitrogens with one attached hydrogen (secondary N) is 1. The van der Waals surface area contributed by atoms with Gasteiger partial charge in [0.15, 0.2) is 5.13 Å². The topological polar surface area (TPSA) is 67.8 Å². The van der Waals surface area contributed by atoms with Crippen LogP contribution in [0, 0.1) is 0 Å². The van der Waals surface area contributed by atoms with Crippen LogP contribution >= 0.6 is 22.9 Å². The van der Waals surface area contributed by atoms with Crippen molar-refractivity contribution in [2.45, 2.75) is 6.18 Å². The molecule has 0 aliphatic rings. The number of alkyl halides is 3. The molecule has 108 valence electrons. The Bertz CT molecular complexity index is 798. The summed E-state index contributed by atoms with van der Waals surface area (Å²) in [5, 5.41) is 2.73. The lowest BCUT2D eigenvalue weighted by Crippen LogP contribution is -2.09. The molecule has 0 radical (unpaired) electrons. The number of halogens is 3. The van der Waals surface area contributed by atoms with Crippen LogP contribution < -0.4 is 5.32 Å². The summed E-state index contributed by atoms with van der Waals surface area (Å²) in [4.78, 5) is 19.5. The van der Waals surface area contributed by atoms with Gasteiger partial charge in [0.05, 0.1) is 10.9 Å². The number of rotatable bonds is 2. The van der Waals surface area contributed by atoms with Crippen LogP contribution in [0.3, 0.4) is 0 Å². The number of thiazole rings is 1. The maximum Gasteiger partial charge on any atom is 0.433 e. The third-order valence-electron chi connectivity index (χ3n) is 2.45. The molecule has 10 heteroatoms. The predicted octanol–water partition coefficient (Wildman–Crippen LogP) is 3.42. The third-order valence-corrected chi connectivity index (χ3v) is 4.13. The van der Waals surface area contributed by atoms with Gasteiger partial charge in [-0.25, -0.2) is 14.3 Å². The Balaban J connectivity index is 1.89. The lowest BCUT2D eigenvalue weighted by molar-refractivity contribution is -0.141. The van der Waals surface area contributed by atoms with Gasteiger partial charge < -0.3 is 0 Å². The molecular formula is C11H5F3N4OS2. The van der Waals surface area contributed by atoms with E-state index in [1.165, 1.54) is 12.3 Å². The van der Waals surface area contributed by atoms with E-state index in [0.717, 1.165) is 35.1 Å². The van der Waals surface area contributed by atoms with E-state index in [2.05, 4.69) is 19.7 Å². The molecule has 0 bridgehead atoms. The van der Waals surface area contributed by atoms with Gasteiger partial charge in [0.25, 0.3) is 5.91 Å². The van der Waals surface area contributed by atoms with Crippen molar-refractivity contribution < 1.29 is 18.0 Å². The number of pyridine rings is 1. The fourth-order valence-electron chi connectivity index (χ4n) is 1.53. The van der Waals surface area contributed by atoms with Crippen LogP contribution in [0.15, 0.2) is 24.5 Å². The minimum atomic E-state index is -4.51. The number of nitrogens with zero attached hydrogens (tertiary/aromatic N) is 3. The molecule has 0 saturated heterocycles. The van der Waals surface area contributed by atoms with Gasteiger partial charge in [0, 0.05) is 6.20 Å². The monoisotopic (exact) mass is 330 g/mol. The van der Waals surface area contributed by atoms with Gasteiger partial charge >= 0.3 is 6.18 Å². The number of amides is 1. The third kappa shape index (κ3) is 2.85. The summed E-state index contributed by atoms with van der Waals surface area (Å²) < 4.78 is 41.8. The largest absolute Gasteiger partial charge is 0.433 e. The molecule has 5 nitrogen and oxygen atoms in total. The minimum absolute atomic E-state index is 0.213. The van der Waals surface area contributed by atoms with Crippen molar-refractivity contribution in [1.29, 1.82) is 0 Å². The average Bonchev–Trinajstić information content (AvgIpc) is 3.05. The number of hydrogen-bond acceptors (Lipinski definition) is 6. The first-order chi connectivity index (χ1) is 9.93. The van der Waals surface area contributed by atoms with E-state index >= 15 is 0 Å². The molecule has 3 aromatic rings. The molecule has 3 heterocycles. The number of carbonyl (C=O) groups is 1. The SMILES string of the molecule is O=C(Nc1nc2cnc(C(F)(F)F)cc2s1)c1ccns1. The molecule has 0 unspecified atom stereocenters. The van der Waals surface area contributed by atoms with Crippen LogP contribution in [0.25, 0.3) is 10.2 Å². The average molecular weight is 330 g/mol. The molecular weight excluding hydrogens is 325 g/mol. The van der Waals surface area contributed by atoms with Crippen LogP contribution in [0.2, 0.25) is 0 Å². The second kappa shape index (κ2) is 5.04. The van der Waals surface area contributed by atoms with Crippen LogP contribution in [0.4, 0.5) is 18.3 Å². The first-order valence-corrected chi connectivity index (χ1v) is 7.08. The Kier molecular flexibility index (Phi) is 3.33. The van der Waals surface area contributed by atoms with Crippen molar-refractivity contribution in [3.63, 3.8) is 0 Å². The summed E-state index contributed by atoms with van der Waals surface area (Å²) in [6.07, 6.45) is -1.99. The Morgan fingerprint density at radius 1 is 1.33 bits per heavy atom. The first-order valence-electron chi connectivity index (χ1n) is 5.49. The summed E-state index contributed by atoms with van der Waals surface area (Å²) in [5.74, 6) is -0.402. The molecule has 0 aliphatic carbocycles. The van der Waals surface area contributed by atoms with Crippen LogP contribution in [0.1, 0.15) is 15.4 Å². The summed E-state index contributed by atoms with van der Waals surface area (Å²) >= 11 is 1.97. The summed E-state index contributed by atoms with van der Waals surface area (Å²) in [7, 11) is 0. The zero-order valence-electron chi connectivity index (χ0n) is 10.0. The van der Waals surface area contributed by atoms with E-state index in [1.807, 2.05) is 0 Å². The smallest absolute Gasteiger partial charge is 0.297 e. The predicted molar refractivity (Wildman–Crippen MR) is 72.5 cm³/mol. The number of aromatic nitrogens is 3. The van der Waals surface area contributed by atoms with Crippen LogP contribution in [0.5, 0.6) is 0 Å². The van der Waals surface area contributed by atoms with E-state index < -0.39 is 17.8 Å².